The van der Waals surface area contributed by atoms with Gasteiger partial charge >= 0.3 is 0 Å². The van der Waals surface area contributed by atoms with Crippen molar-refractivity contribution < 1.29 is 18.9 Å². The first-order valence-electron chi connectivity index (χ1n) is 28.7. The molecule has 4 aliphatic carbocycles. The number of likely N-dealkylation sites (tertiary alicyclic amines) is 1. The lowest BCUT2D eigenvalue weighted by molar-refractivity contribution is -0.0651. The molecular formula is C59H107NO4. The van der Waals surface area contributed by atoms with Crippen molar-refractivity contribution >= 4 is 0 Å². The molecule has 1 aliphatic heterocycles. The highest BCUT2D eigenvalue weighted by molar-refractivity contribution is 5.25. The van der Waals surface area contributed by atoms with Gasteiger partial charge < -0.3 is 23.8 Å². The summed E-state index contributed by atoms with van der Waals surface area (Å²) in [5.41, 5.74) is 2.73. The summed E-state index contributed by atoms with van der Waals surface area (Å²) in [7, 11) is 0. The van der Waals surface area contributed by atoms with Crippen molar-refractivity contribution in [2.24, 2.45) is 46.3 Å². The van der Waals surface area contributed by atoms with Gasteiger partial charge in [0, 0.05) is 39.6 Å². The van der Waals surface area contributed by atoms with Crippen LogP contribution in [0.1, 0.15) is 234 Å². The third-order valence-corrected chi connectivity index (χ3v) is 17.8. The normalized spacial score (nSPS) is 29.5. The summed E-state index contributed by atoms with van der Waals surface area (Å²) in [6.07, 6.45) is 48.1. The van der Waals surface area contributed by atoms with Crippen LogP contribution in [0.4, 0.5) is 0 Å². The maximum Gasteiger partial charge on any atom is 0.0934 e. The summed E-state index contributed by atoms with van der Waals surface area (Å²) in [4.78, 5) is 2.60. The maximum atomic E-state index is 6.56. The highest BCUT2D eigenvalue weighted by atomic mass is 16.5. The van der Waals surface area contributed by atoms with E-state index in [2.05, 4.69) is 64.7 Å². The zero-order valence-corrected chi connectivity index (χ0v) is 43.5. The molecule has 4 fully saturated rings. The van der Waals surface area contributed by atoms with Crippen LogP contribution in [0.2, 0.25) is 0 Å². The van der Waals surface area contributed by atoms with Crippen LogP contribution in [0.3, 0.4) is 0 Å². The van der Waals surface area contributed by atoms with Gasteiger partial charge in [-0.15, -0.1) is 0 Å². The monoisotopic (exact) mass is 894 g/mol. The Labute approximate surface area is 398 Å². The van der Waals surface area contributed by atoms with Gasteiger partial charge in [0.15, 0.2) is 0 Å². The quantitative estimate of drug-likeness (QED) is 0.0468. The molecule has 3 saturated carbocycles. The Hall–Kier alpha value is -0.720. The minimum atomic E-state index is 0.162. The number of allylic oxidation sites excluding steroid dienone is 3. The van der Waals surface area contributed by atoms with Gasteiger partial charge in [0.2, 0.25) is 0 Å². The van der Waals surface area contributed by atoms with Crippen LogP contribution < -0.4 is 0 Å². The van der Waals surface area contributed by atoms with Crippen molar-refractivity contribution in [1.82, 2.24) is 4.90 Å². The largest absolute Gasteiger partial charge is 0.381 e. The molecule has 0 radical (unpaired) electrons. The molecule has 0 bridgehead atoms. The highest BCUT2D eigenvalue weighted by Crippen LogP contribution is 2.67. The number of ether oxygens (including phenoxy) is 4. The average Bonchev–Trinajstić information content (AvgIpc) is 3.65. The van der Waals surface area contributed by atoms with E-state index in [1.54, 1.807) is 5.57 Å². The Morgan fingerprint density at radius 2 is 1.36 bits per heavy atom. The molecule has 0 aromatic heterocycles. The Kier molecular flexibility index (Phi) is 26.0. The molecule has 1 heterocycles. The van der Waals surface area contributed by atoms with Crippen LogP contribution in [0.15, 0.2) is 23.8 Å². The van der Waals surface area contributed by atoms with Crippen LogP contribution in [-0.4, -0.2) is 76.4 Å². The fourth-order valence-corrected chi connectivity index (χ4v) is 14.0. The number of hydrogen-bond donors (Lipinski definition) is 0. The second-order valence-corrected chi connectivity index (χ2v) is 23.2. The standard InChI is InChI=1S/C59H107NO4/c1-7-8-9-10-11-12-13-14-15-16-17-18-19-20-21-25-41-62-48-53(47-60-39-23-22-24-40-60)64-45-28-43-61-42-27-44-63-52-35-37-58(5)51(46-52)31-32-54-56-34-33-55(50(4)30-26-29-49(2)3)59(56,6)38-36-57(54)58/h14-15,31,49-50,52-57H,7-13,16-30,32-48H2,1-6H3. The van der Waals surface area contributed by atoms with Crippen molar-refractivity contribution in [3.05, 3.63) is 23.8 Å². The second kappa shape index (κ2) is 30.7. The fraction of sp³-hybridized carbons (Fsp3) is 0.932. The molecule has 0 aromatic rings. The van der Waals surface area contributed by atoms with Crippen LogP contribution in [0.5, 0.6) is 0 Å². The van der Waals surface area contributed by atoms with E-state index in [9.17, 15) is 0 Å². The molecule has 9 unspecified atom stereocenters. The van der Waals surface area contributed by atoms with E-state index in [-0.39, 0.29) is 6.10 Å². The van der Waals surface area contributed by atoms with Gasteiger partial charge in [0.1, 0.15) is 0 Å². The molecule has 0 amide bonds. The zero-order chi connectivity index (χ0) is 45.3. The number of rotatable bonds is 35. The van der Waals surface area contributed by atoms with E-state index in [1.807, 2.05) is 0 Å². The first kappa shape index (κ1) is 54.2. The first-order chi connectivity index (χ1) is 31.2. The third-order valence-electron chi connectivity index (χ3n) is 17.8. The lowest BCUT2D eigenvalue weighted by Gasteiger charge is -2.58. The van der Waals surface area contributed by atoms with Crippen molar-refractivity contribution in [3.63, 3.8) is 0 Å². The Morgan fingerprint density at radius 3 is 2.09 bits per heavy atom. The van der Waals surface area contributed by atoms with E-state index >= 15 is 0 Å². The molecule has 5 rings (SSSR count). The Bertz CT molecular complexity index is 1260. The van der Waals surface area contributed by atoms with Crippen molar-refractivity contribution in [1.29, 1.82) is 0 Å². The van der Waals surface area contributed by atoms with Gasteiger partial charge in [0.25, 0.3) is 0 Å². The molecule has 5 aliphatic rings. The molecule has 0 spiro atoms. The smallest absolute Gasteiger partial charge is 0.0934 e. The molecule has 5 nitrogen and oxygen atoms in total. The number of piperidine rings is 1. The van der Waals surface area contributed by atoms with Gasteiger partial charge in [0.05, 0.1) is 18.8 Å². The predicted molar refractivity (Wildman–Crippen MR) is 273 cm³/mol. The topological polar surface area (TPSA) is 40.2 Å². The van der Waals surface area contributed by atoms with Crippen LogP contribution in [0.25, 0.3) is 0 Å². The fourth-order valence-electron chi connectivity index (χ4n) is 14.0. The van der Waals surface area contributed by atoms with E-state index in [1.165, 1.54) is 186 Å². The van der Waals surface area contributed by atoms with E-state index < -0.39 is 0 Å². The van der Waals surface area contributed by atoms with E-state index in [0.29, 0.717) is 16.9 Å². The lowest BCUT2D eigenvalue weighted by Crippen LogP contribution is -2.51. The van der Waals surface area contributed by atoms with Gasteiger partial charge in [-0.25, -0.2) is 0 Å². The number of hydrogen-bond acceptors (Lipinski definition) is 5. The molecule has 0 N–H and O–H groups in total. The van der Waals surface area contributed by atoms with Crippen LogP contribution in [0, 0.1) is 46.3 Å². The summed E-state index contributed by atoms with van der Waals surface area (Å²) in [6.45, 7) is 23.2. The first-order valence-corrected chi connectivity index (χ1v) is 28.7. The molecule has 1 saturated heterocycles. The summed E-state index contributed by atoms with van der Waals surface area (Å²) in [5.74, 6) is 5.41. The van der Waals surface area contributed by atoms with Crippen molar-refractivity contribution in [2.75, 3.05) is 59.3 Å². The van der Waals surface area contributed by atoms with E-state index in [4.69, 9.17) is 18.9 Å². The van der Waals surface area contributed by atoms with Gasteiger partial charge in [-0.1, -0.05) is 149 Å². The highest BCUT2D eigenvalue weighted by Gasteiger charge is 2.59. The third kappa shape index (κ3) is 18.0. The van der Waals surface area contributed by atoms with Crippen molar-refractivity contribution in [3.8, 4) is 0 Å². The van der Waals surface area contributed by atoms with Gasteiger partial charge in [-0.2, -0.15) is 0 Å². The predicted octanol–water partition coefficient (Wildman–Crippen LogP) is 16.1. The molecule has 9 atom stereocenters. The van der Waals surface area contributed by atoms with Crippen molar-refractivity contribution in [2.45, 2.75) is 246 Å². The molecule has 64 heavy (non-hydrogen) atoms. The summed E-state index contributed by atoms with van der Waals surface area (Å²) in [5, 5.41) is 0. The molecule has 372 valence electrons. The summed E-state index contributed by atoms with van der Waals surface area (Å²) in [6, 6.07) is 0. The Balaban J connectivity index is 0.880. The van der Waals surface area contributed by atoms with Crippen LogP contribution >= 0.6 is 0 Å². The lowest BCUT2D eigenvalue weighted by atomic mass is 9.47. The number of nitrogens with zero attached hydrogens (tertiary/aromatic N) is 1. The van der Waals surface area contributed by atoms with Gasteiger partial charge in [-0.05, 0) is 169 Å². The van der Waals surface area contributed by atoms with Gasteiger partial charge in [-0.3, -0.25) is 0 Å². The maximum absolute atomic E-state index is 6.56. The molecule has 5 heteroatoms. The number of unbranched alkanes of at least 4 members (excludes halogenated alkanes) is 12. The SMILES string of the molecule is CCCCCCCCC=CCCCCCCCCOCC(CN1CCCCC1)OCCCOCCCOC1CCC2(C)C(=CCC3C2CCC2(C)C(C(C)CCCC(C)C)CCC32)C1. The minimum absolute atomic E-state index is 0.162. The van der Waals surface area contributed by atoms with E-state index in [0.717, 1.165) is 101 Å². The molecular weight excluding hydrogens is 787 g/mol. The minimum Gasteiger partial charge on any atom is -0.381 e. The zero-order valence-electron chi connectivity index (χ0n) is 43.5. The summed E-state index contributed by atoms with van der Waals surface area (Å²) < 4.78 is 25.3. The van der Waals surface area contributed by atoms with Crippen LogP contribution in [-0.2, 0) is 18.9 Å². The second-order valence-electron chi connectivity index (χ2n) is 23.2. The average molecular weight is 895 g/mol. The Morgan fingerprint density at radius 1 is 0.672 bits per heavy atom. The summed E-state index contributed by atoms with van der Waals surface area (Å²) >= 11 is 0. The number of fused-ring (bicyclic) bond motifs is 5. The molecule has 0 aromatic carbocycles.